The summed E-state index contributed by atoms with van der Waals surface area (Å²) >= 11 is 5.88. The highest BCUT2D eigenvalue weighted by molar-refractivity contribution is 6.30. The number of halogens is 2. The van der Waals surface area contributed by atoms with E-state index in [1.54, 1.807) is 13.0 Å². The summed E-state index contributed by atoms with van der Waals surface area (Å²) in [5, 5.41) is 11.7. The Balaban J connectivity index is 0.00000190. The van der Waals surface area contributed by atoms with Gasteiger partial charge in [-0.25, -0.2) is 9.87 Å². The molecule has 0 unspecified atom stereocenters. The molecule has 1 heterocycles. The lowest BCUT2D eigenvalue weighted by atomic mass is 10.2. The van der Waals surface area contributed by atoms with Crippen molar-refractivity contribution in [1.82, 2.24) is 10.0 Å². The fourth-order valence-corrected chi connectivity index (χ4v) is 2.39. The fraction of sp³-hybridized carbons (Fsp3) is 0.368. The molecule has 9 heteroatoms. The Kier molecular flexibility index (Phi) is 9.11. The van der Waals surface area contributed by atoms with Crippen LogP contribution in [0, 0.1) is 12.7 Å². The van der Waals surface area contributed by atoms with Crippen molar-refractivity contribution in [3.05, 3.63) is 56.6 Å². The lowest BCUT2D eigenvalue weighted by molar-refractivity contribution is -0.00685. The molecule has 0 spiro atoms. The van der Waals surface area contributed by atoms with E-state index in [0.717, 1.165) is 10.1 Å². The van der Waals surface area contributed by atoms with Crippen molar-refractivity contribution < 1.29 is 19.1 Å². The van der Waals surface area contributed by atoms with Crippen LogP contribution in [0.15, 0.2) is 29.1 Å². The number of benzene rings is 1. The minimum absolute atomic E-state index is 0.0253. The first-order valence-electron chi connectivity index (χ1n) is 8.73. The van der Waals surface area contributed by atoms with Crippen molar-refractivity contribution in [3.8, 4) is 0 Å². The van der Waals surface area contributed by atoms with Crippen molar-refractivity contribution in [2.45, 2.75) is 33.8 Å². The molecule has 1 amide bonds. The standard InChI is InChI=1S/C17H19ClFN3O4.C2H6/c1-9-4-5-14(13(19)6-9)20-15-11(7-12(18)17(25)22(15)3)16(24)21-26-8-10(2)23;1-2/h4-7,10,20,23H,8H2,1-3H3,(H,21,24);1-2H3/t10-;/m0./s1. The minimum Gasteiger partial charge on any atom is -0.391 e. The van der Waals surface area contributed by atoms with E-state index >= 15 is 0 Å². The number of carbonyl (C=O) groups excluding carboxylic acids is 1. The predicted molar refractivity (Wildman–Crippen MR) is 108 cm³/mol. The molecule has 1 atom stereocenters. The Bertz CT molecular complexity index is 884. The maximum Gasteiger partial charge on any atom is 0.278 e. The van der Waals surface area contributed by atoms with Crippen molar-refractivity contribution in [2.24, 2.45) is 7.05 Å². The molecule has 0 saturated heterocycles. The van der Waals surface area contributed by atoms with E-state index in [9.17, 15) is 14.0 Å². The summed E-state index contributed by atoms with van der Waals surface area (Å²) in [7, 11) is 1.40. The van der Waals surface area contributed by atoms with E-state index in [1.807, 2.05) is 13.8 Å². The first-order chi connectivity index (χ1) is 13.2. The van der Waals surface area contributed by atoms with Gasteiger partial charge in [-0.2, -0.15) is 0 Å². The molecule has 0 aliphatic heterocycles. The summed E-state index contributed by atoms with van der Waals surface area (Å²) in [6.45, 7) is 7.10. The quantitative estimate of drug-likeness (QED) is 0.632. The number of aliphatic hydroxyl groups is 1. The van der Waals surface area contributed by atoms with E-state index in [4.69, 9.17) is 21.5 Å². The number of hydrogen-bond acceptors (Lipinski definition) is 5. The lowest BCUT2D eigenvalue weighted by Crippen LogP contribution is -2.30. The van der Waals surface area contributed by atoms with Crippen molar-refractivity contribution in [1.29, 1.82) is 0 Å². The van der Waals surface area contributed by atoms with E-state index in [-0.39, 0.29) is 28.7 Å². The number of carbonyl (C=O) groups is 1. The van der Waals surface area contributed by atoms with Crippen LogP contribution in [0.3, 0.4) is 0 Å². The van der Waals surface area contributed by atoms with Gasteiger partial charge in [-0.05, 0) is 37.6 Å². The molecule has 154 valence electrons. The summed E-state index contributed by atoms with van der Waals surface area (Å²) in [6, 6.07) is 5.67. The number of rotatable bonds is 6. The van der Waals surface area contributed by atoms with Crippen LogP contribution in [0.5, 0.6) is 0 Å². The van der Waals surface area contributed by atoms with Gasteiger partial charge in [-0.1, -0.05) is 31.5 Å². The van der Waals surface area contributed by atoms with Gasteiger partial charge in [0, 0.05) is 7.05 Å². The highest BCUT2D eigenvalue weighted by atomic mass is 35.5. The van der Waals surface area contributed by atoms with E-state index in [0.29, 0.717) is 0 Å². The number of pyridine rings is 1. The van der Waals surface area contributed by atoms with Crippen LogP contribution in [-0.4, -0.2) is 28.3 Å². The molecule has 2 rings (SSSR count). The summed E-state index contributed by atoms with van der Waals surface area (Å²) < 4.78 is 15.2. The molecule has 28 heavy (non-hydrogen) atoms. The van der Waals surface area contributed by atoms with Gasteiger partial charge in [0.05, 0.1) is 17.4 Å². The molecule has 0 radical (unpaired) electrons. The van der Waals surface area contributed by atoms with Gasteiger partial charge in [0.25, 0.3) is 11.5 Å². The molecular formula is C19H25ClFN3O4. The number of nitrogens with zero attached hydrogens (tertiary/aromatic N) is 1. The molecule has 0 bridgehead atoms. The molecule has 2 aromatic rings. The normalized spacial score (nSPS) is 11.3. The van der Waals surface area contributed by atoms with Crippen molar-refractivity contribution in [3.63, 3.8) is 0 Å². The zero-order valence-electron chi connectivity index (χ0n) is 16.5. The Labute approximate surface area is 168 Å². The number of aromatic nitrogens is 1. The largest absolute Gasteiger partial charge is 0.391 e. The van der Waals surface area contributed by atoms with Gasteiger partial charge in [0.1, 0.15) is 23.3 Å². The SMILES string of the molecule is CC.Cc1ccc(Nc2c(C(=O)NOC[C@H](C)O)cc(Cl)c(=O)n2C)c(F)c1. The van der Waals surface area contributed by atoms with Crippen LogP contribution in [0.25, 0.3) is 0 Å². The second-order valence-electron chi connectivity index (χ2n) is 5.82. The van der Waals surface area contributed by atoms with Gasteiger partial charge in [0.15, 0.2) is 0 Å². The fourth-order valence-electron chi connectivity index (χ4n) is 2.16. The zero-order chi connectivity index (χ0) is 21.4. The predicted octanol–water partition coefficient (Wildman–Crippen LogP) is 3.30. The minimum atomic E-state index is -0.779. The Morgan fingerprint density at radius 1 is 1.36 bits per heavy atom. The second-order valence-corrected chi connectivity index (χ2v) is 6.23. The van der Waals surface area contributed by atoms with Gasteiger partial charge in [-0.3, -0.25) is 19.0 Å². The summed E-state index contributed by atoms with van der Waals surface area (Å²) in [6.07, 6.45) is -0.779. The Morgan fingerprint density at radius 3 is 2.57 bits per heavy atom. The average Bonchev–Trinajstić information content (AvgIpc) is 2.65. The number of anilines is 2. The number of aryl methyl sites for hydroxylation is 1. The van der Waals surface area contributed by atoms with Crippen LogP contribution >= 0.6 is 11.6 Å². The van der Waals surface area contributed by atoms with Gasteiger partial charge in [0.2, 0.25) is 0 Å². The second kappa shape index (κ2) is 10.8. The van der Waals surface area contributed by atoms with Gasteiger partial charge < -0.3 is 10.4 Å². The molecule has 1 aromatic heterocycles. The Hall–Kier alpha value is -2.42. The van der Waals surface area contributed by atoms with E-state index < -0.39 is 23.4 Å². The maximum atomic E-state index is 14.1. The molecule has 0 fully saturated rings. The summed E-state index contributed by atoms with van der Waals surface area (Å²) in [5.74, 6) is -1.21. The highest BCUT2D eigenvalue weighted by Gasteiger charge is 2.19. The number of amides is 1. The van der Waals surface area contributed by atoms with Crippen molar-refractivity contribution >= 4 is 29.0 Å². The van der Waals surface area contributed by atoms with Crippen LogP contribution in [-0.2, 0) is 11.9 Å². The van der Waals surface area contributed by atoms with Gasteiger partial charge in [-0.15, -0.1) is 0 Å². The third-order valence-corrected chi connectivity index (χ3v) is 3.75. The molecule has 1 aromatic carbocycles. The third kappa shape index (κ3) is 6.05. The molecule has 0 saturated carbocycles. The van der Waals surface area contributed by atoms with E-state index in [2.05, 4.69) is 10.8 Å². The van der Waals surface area contributed by atoms with Crippen LogP contribution in [0.1, 0.15) is 36.7 Å². The monoisotopic (exact) mass is 413 g/mol. The lowest BCUT2D eigenvalue weighted by Gasteiger charge is -2.17. The molecular weight excluding hydrogens is 389 g/mol. The molecule has 0 aliphatic carbocycles. The van der Waals surface area contributed by atoms with Crippen LogP contribution in [0.4, 0.5) is 15.9 Å². The highest BCUT2D eigenvalue weighted by Crippen LogP contribution is 2.24. The first-order valence-corrected chi connectivity index (χ1v) is 9.11. The van der Waals surface area contributed by atoms with E-state index in [1.165, 1.54) is 32.2 Å². The summed E-state index contributed by atoms with van der Waals surface area (Å²) in [5.41, 5.74) is 2.38. The zero-order valence-corrected chi connectivity index (χ0v) is 17.2. The Morgan fingerprint density at radius 2 is 2.00 bits per heavy atom. The topological polar surface area (TPSA) is 92.6 Å². The first kappa shape index (κ1) is 23.6. The number of nitrogens with one attached hydrogen (secondary N) is 2. The molecule has 0 aliphatic rings. The molecule has 7 nitrogen and oxygen atoms in total. The smallest absolute Gasteiger partial charge is 0.278 e. The maximum absolute atomic E-state index is 14.1. The van der Waals surface area contributed by atoms with Crippen LogP contribution in [0.2, 0.25) is 5.02 Å². The number of aliphatic hydroxyl groups excluding tert-OH is 1. The molecule has 3 N–H and O–H groups in total. The van der Waals surface area contributed by atoms with Crippen molar-refractivity contribution in [2.75, 3.05) is 11.9 Å². The van der Waals surface area contributed by atoms with Gasteiger partial charge >= 0.3 is 0 Å². The number of hydroxylamine groups is 1. The third-order valence-electron chi connectivity index (χ3n) is 3.48. The number of hydrogen-bond donors (Lipinski definition) is 3. The van der Waals surface area contributed by atoms with Crippen LogP contribution < -0.4 is 16.4 Å². The average molecular weight is 414 g/mol. The summed E-state index contributed by atoms with van der Waals surface area (Å²) in [4.78, 5) is 29.3.